The normalized spacial score (nSPS) is 14.9. The van der Waals surface area contributed by atoms with Crippen LogP contribution in [0.3, 0.4) is 0 Å². The van der Waals surface area contributed by atoms with E-state index in [0.717, 1.165) is 37.1 Å². The van der Waals surface area contributed by atoms with E-state index in [1.54, 1.807) is 25.4 Å². The van der Waals surface area contributed by atoms with E-state index in [1.165, 1.54) is 12.1 Å². The van der Waals surface area contributed by atoms with E-state index in [-0.39, 0.29) is 5.82 Å². The molecule has 1 aromatic carbocycles. The van der Waals surface area contributed by atoms with E-state index in [2.05, 4.69) is 36.6 Å². The number of ether oxygens (including phenoxy) is 1. The number of nitrogens with one attached hydrogen (secondary N) is 3. The van der Waals surface area contributed by atoms with Gasteiger partial charge in [0.15, 0.2) is 17.3 Å². The first-order chi connectivity index (χ1) is 14.7. The Morgan fingerprint density at radius 2 is 2.03 bits per heavy atom. The summed E-state index contributed by atoms with van der Waals surface area (Å²) in [4.78, 5) is 9.29. The molecular formula is C21H22FN7O. The zero-order valence-corrected chi connectivity index (χ0v) is 16.5. The number of rotatable bonds is 5. The number of fused-ring (bicyclic) bond motifs is 1. The standard InChI is InChI=1S/C21H22FN7O/c1-30-18-3-2-13(22)10-15(18)17-11-19(28-27-17)25-20-12-24-16-6-9-29(21(16)26-20)14-4-7-23-8-5-14/h2-3,6,9-12,14,23H,4-5,7-8H2,1H3,(H2,25,26,27,28). The SMILES string of the molecule is COc1ccc(F)cc1-c1cc(Nc2cnc3ccn(C4CCNCC4)c3n2)n[nH]1. The van der Waals surface area contributed by atoms with Gasteiger partial charge in [-0.25, -0.2) is 14.4 Å². The van der Waals surface area contributed by atoms with Crippen molar-refractivity contribution in [1.82, 2.24) is 30.0 Å². The van der Waals surface area contributed by atoms with E-state index >= 15 is 0 Å². The molecule has 1 aliphatic heterocycles. The van der Waals surface area contributed by atoms with Crippen LogP contribution >= 0.6 is 0 Å². The highest BCUT2D eigenvalue weighted by Crippen LogP contribution is 2.31. The van der Waals surface area contributed by atoms with E-state index in [9.17, 15) is 4.39 Å². The lowest BCUT2D eigenvalue weighted by Crippen LogP contribution is -2.29. The van der Waals surface area contributed by atoms with Crippen molar-refractivity contribution in [1.29, 1.82) is 0 Å². The fourth-order valence-corrected chi connectivity index (χ4v) is 3.90. The fraction of sp³-hybridized carbons (Fsp3) is 0.286. The van der Waals surface area contributed by atoms with Gasteiger partial charge >= 0.3 is 0 Å². The molecule has 0 atom stereocenters. The molecule has 30 heavy (non-hydrogen) atoms. The highest BCUT2D eigenvalue weighted by atomic mass is 19.1. The van der Waals surface area contributed by atoms with Crippen LogP contribution in [0, 0.1) is 5.82 Å². The molecule has 0 radical (unpaired) electrons. The fourth-order valence-electron chi connectivity index (χ4n) is 3.90. The second-order valence-electron chi connectivity index (χ2n) is 7.30. The average Bonchev–Trinajstić information content (AvgIpc) is 3.41. The highest BCUT2D eigenvalue weighted by molar-refractivity contribution is 5.75. The molecule has 0 amide bonds. The molecule has 0 spiro atoms. The van der Waals surface area contributed by atoms with Crippen molar-refractivity contribution >= 4 is 22.8 Å². The summed E-state index contributed by atoms with van der Waals surface area (Å²) in [5.74, 6) is 1.38. The minimum atomic E-state index is -0.343. The van der Waals surface area contributed by atoms with E-state index in [0.29, 0.717) is 34.7 Å². The summed E-state index contributed by atoms with van der Waals surface area (Å²) in [7, 11) is 1.55. The summed E-state index contributed by atoms with van der Waals surface area (Å²) in [6.07, 6.45) is 5.89. The molecule has 3 N–H and O–H groups in total. The Morgan fingerprint density at radius 3 is 2.87 bits per heavy atom. The number of hydrogen-bond donors (Lipinski definition) is 3. The Bertz CT molecular complexity index is 1180. The second kappa shape index (κ2) is 7.75. The van der Waals surface area contributed by atoms with Crippen molar-refractivity contribution in [2.45, 2.75) is 18.9 Å². The van der Waals surface area contributed by atoms with Crippen LogP contribution in [-0.4, -0.2) is 44.9 Å². The van der Waals surface area contributed by atoms with Crippen LogP contribution in [0.2, 0.25) is 0 Å². The topological polar surface area (TPSA) is 92.7 Å². The molecule has 8 nitrogen and oxygen atoms in total. The van der Waals surface area contributed by atoms with Crippen LogP contribution in [0.5, 0.6) is 5.75 Å². The lowest BCUT2D eigenvalue weighted by Gasteiger charge is -2.24. The first-order valence-electron chi connectivity index (χ1n) is 9.92. The minimum absolute atomic E-state index is 0.343. The van der Waals surface area contributed by atoms with Gasteiger partial charge in [-0.3, -0.25) is 5.10 Å². The molecular weight excluding hydrogens is 385 g/mol. The van der Waals surface area contributed by atoms with Crippen molar-refractivity contribution in [2.24, 2.45) is 0 Å². The maximum atomic E-state index is 13.7. The zero-order valence-electron chi connectivity index (χ0n) is 16.5. The molecule has 4 heterocycles. The average molecular weight is 407 g/mol. The molecule has 4 aromatic rings. The van der Waals surface area contributed by atoms with Gasteiger partial charge in [-0.15, -0.1) is 0 Å². The number of benzene rings is 1. The Hall–Kier alpha value is -3.46. The summed E-state index contributed by atoms with van der Waals surface area (Å²) in [6, 6.07) is 8.57. The molecule has 0 bridgehead atoms. The van der Waals surface area contributed by atoms with Gasteiger partial charge in [0.2, 0.25) is 0 Å². The largest absolute Gasteiger partial charge is 0.496 e. The molecule has 9 heteroatoms. The van der Waals surface area contributed by atoms with Gasteiger partial charge in [-0.1, -0.05) is 0 Å². The van der Waals surface area contributed by atoms with Gasteiger partial charge < -0.3 is 19.9 Å². The summed E-state index contributed by atoms with van der Waals surface area (Å²) in [5, 5.41) is 13.8. The third kappa shape index (κ3) is 3.48. The summed E-state index contributed by atoms with van der Waals surface area (Å²) in [5.41, 5.74) is 2.96. The van der Waals surface area contributed by atoms with E-state index in [4.69, 9.17) is 9.72 Å². The third-order valence-electron chi connectivity index (χ3n) is 5.41. The van der Waals surface area contributed by atoms with Gasteiger partial charge in [0.05, 0.1) is 19.0 Å². The number of aromatic amines is 1. The maximum Gasteiger partial charge on any atom is 0.161 e. The van der Waals surface area contributed by atoms with Crippen molar-refractivity contribution in [3.8, 4) is 17.0 Å². The van der Waals surface area contributed by atoms with Crippen molar-refractivity contribution in [3.63, 3.8) is 0 Å². The maximum absolute atomic E-state index is 13.7. The van der Waals surface area contributed by atoms with E-state index < -0.39 is 0 Å². The summed E-state index contributed by atoms with van der Waals surface area (Å²) in [6.45, 7) is 2.02. The molecule has 1 fully saturated rings. The number of hydrogen-bond acceptors (Lipinski definition) is 6. The molecule has 0 unspecified atom stereocenters. The molecule has 0 aliphatic carbocycles. The zero-order chi connectivity index (χ0) is 20.5. The van der Waals surface area contributed by atoms with Crippen LogP contribution < -0.4 is 15.4 Å². The van der Waals surface area contributed by atoms with Gasteiger partial charge in [0, 0.05) is 23.9 Å². The number of H-pyrrole nitrogens is 1. The van der Waals surface area contributed by atoms with Gasteiger partial charge in [0.25, 0.3) is 0 Å². The molecule has 0 saturated carbocycles. The van der Waals surface area contributed by atoms with Crippen LogP contribution in [0.25, 0.3) is 22.4 Å². The molecule has 5 rings (SSSR count). The van der Waals surface area contributed by atoms with Crippen molar-refractivity contribution in [3.05, 3.63) is 48.5 Å². The lowest BCUT2D eigenvalue weighted by atomic mass is 10.1. The minimum Gasteiger partial charge on any atom is -0.496 e. The predicted octanol–water partition coefficient (Wildman–Crippen LogP) is 3.64. The molecule has 1 saturated heterocycles. The Balaban J connectivity index is 1.42. The van der Waals surface area contributed by atoms with Gasteiger partial charge in [-0.2, -0.15) is 5.10 Å². The van der Waals surface area contributed by atoms with Crippen LogP contribution in [0.1, 0.15) is 18.9 Å². The number of halogens is 1. The van der Waals surface area contributed by atoms with Crippen molar-refractivity contribution in [2.75, 3.05) is 25.5 Å². The number of nitrogens with zero attached hydrogens (tertiary/aromatic N) is 4. The van der Waals surface area contributed by atoms with Gasteiger partial charge in [-0.05, 0) is 50.2 Å². The Morgan fingerprint density at radius 1 is 1.17 bits per heavy atom. The lowest BCUT2D eigenvalue weighted by molar-refractivity contribution is 0.375. The second-order valence-corrected chi connectivity index (χ2v) is 7.30. The number of methoxy groups -OCH3 is 1. The molecule has 1 aliphatic rings. The number of anilines is 2. The van der Waals surface area contributed by atoms with E-state index in [1.807, 2.05) is 6.07 Å². The van der Waals surface area contributed by atoms with Crippen LogP contribution in [-0.2, 0) is 0 Å². The Kier molecular flexibility index (Phi) is 4.80. The quantitative estimate of drug-likeness (QED) is 0.468. The predicted molar refractivity (Wildman–Crippen MR) is 112 cm³/mol. The molecule has 3 aromatic heterocycles. The third-order valence-corrected chi connectivity index (χ3v) is 5.41. The summed E-state index contributed by atoms with van der Waals surface area (Å²) < 4.78 is 21.2. The van der Waals surface area contributed by atoms with Crippen LogP contribution in [0.15, 0.2) is 42.7 Å². The Labute approximate surface area is 172 Å². The molecule has 154 valence electrons. The number of aromatic nitrogens is 5. The number of piperidine rings is 1. The smallest absolute Gasteiger partial charge is 0.161 e. The highest BCUT2D eigenvalue weighted by Gasteiger charge is 2.18. The van der Waals surface area contributed by atoms with Crippen LogP contribution in [0.4, 0.5) is 16.0 Å². The first-order valence-corrected chi connectivity index (χ1v) is 9.92. The van der Waals surface area contributed by atoms with Gasteiger partial charge in [0.1, 0.15) is 17.1 Å². The first kappa shape index (κ1) is 18.6. The summed E-state index contributed by atoms with van der Waals surface area (Å²) >= 11 is 0. The monoisotopic (exact) mass is 407 g/mol. The van der Waals surface area contributed by atoms with Crippen molar-refractivity contribution < 1.29 is 9.13 Å².